The zero-order valence-corrected chi connectivity index (χ0v) is 13.3. The number of benzene rings is 1. The van der Waals surface area contributed by atoms with Crippen LogP contribution in [0.3, 0.4) is 0 Å². The molecule has 116 valence electrons. The van der Waals surface area contributed by atoms with Gasteiger partial charge in [0.15, 0.2) is 0 Å². The summed E-state index contributed by atoms with van der Waals surface area (Å²) in [5.41, 5.74) is 7.35. The number of nitrogens with two attached hydrogens (primary N) is 1. The quantitative estimate of drug-likeness (QED) is 0.869. The summed E-state index contributed by atoms with van der Waals surface area (Å²) in [7, 11) is 0. The molecular weight excluding hydrogens is 264 g/mol. The van der Waals surface area contributed by atoms with E-state index in [1.54, 1.807) is 0 Å². The maximum Gasteiger partial charge on any atom is 0.338 e. The van der Waals surface area contributed by atoms with Crippen molar-refractivity contribution in [2.45, 2.75) is 51.8 Å². The number of ether oxygens (including phenoxy) is 1. The topological polar surface area (TPSA) is 55.6 Å². The Bertz CT molecular complexity index is 477. The van der Waals surface area contributed by atoms with Crippen molar-refractivity contribution in [3.8, 4) is 0 Å². The monoisotopic (exact) mass is 290 g/mol. The van der Waals surface area contributed by atoms with Gasteiger partial charge in [-0.1, -0.05) is 12.1 Å². The van der Waals surface area contributed by atoms with Gasteiger partial charge in [0.1, 0.15) is 5.60 Å². The van der Waals surface area contributed by atoms with Crippen LogP contribution in [0, 0.1) is 0 Å². The molecule has 0 unspecified atom stereocenters. The Hall–Kier alpha value is -1.39. The fourth-order valence-corrected chi connectivity index (χ4v) is 2.58. The second-order valence-electron chi connectivity index (χ2n) is 6.84. The summed E-state index contributed by atoms with van der Waals surface area (Å²) < 4.78 is 5.36. The molecule has 1 aromatic carbocycles. The first-order valence-corrected chi connectivity index (χ1v) is 7.64. The Labute approximate surface area is 127 Å². The van der Waals surface area contributed by atoms with Crippen LogP contribution in [-0.4, -0.2) is 35.6 Å². The third-order valence-corrected chi connectivity index (χ3v) is 3.54. The van der Waals surface area contributed by atoms with Crippen molar-refractivity contribution < 1.29 is 9.53 Å². The molecule has 4 nitrogen and oxygen atoms in total. The maximum absolute atomic E-state index is 12.0. The van der Waals surface area contributed by atoms with Crippen LogP contribution >= 0.6 is 0 Å². The van der Waals surface area contributed by atoms with E-state index in [9.17, 15) is 4.79 Å². The Balaban J connectivity index is 1.94. The third kappa shape index (κ3) is 5.14. The van der Waals surface area contributed by atoms with Crippen LogP contribution in [0.15, 0.2) is 24.3 Å². The Morgan fingerprint density at radius 2 is 2.00 bits per heavy atom. The lowest BCUT2D eigenvalue weighted by molar-refractivity contribution is 0.00695. The van der Waals surface area contributed by atoms with Crippen molar-refractivity contribution in [3.63, 3.8) is 0 Å². The van der Waals surface area contributed by atoms with Crippen LogP contribution in [0.4, 0.5) is 0 Å². The number of likely N-dealkylation sites (tertiary alicyclic amines) is 1. The smallest absolute Gasteiger partial charge is 0.338 e. The first kappa shape index (κ1) is 16.0. The molecule has 1 aliphatic heterocycles. The summed E-state index contributed by atoms with van der Waals surface area (Å²) in [5, 5.41) is 0. The number of piperidine rings is 1. The molecule has 0 saturated carbocycles. The van der Waals surface area contributed by atoms with Crippen molar-refractivity contribution in [1.29, 1.82) is 0 Å². The molecule has 2 N–H and O–H groups in total. The lowest BCUT2D eigenvalue weighted by atomic mass is 10.1. The van der Waals surface area contributed by atoms with Crippen molar-refractivity contribution in [2.24, 2.45) is 5.73 Å². The van der Waals surface area contributed by atoms with Gasteiger partial charge in [0.2, 0.25) is 0 Å². The molecule has 0 aromatic heterocycles. The molecule has 0 radical (unpaired) electrons. The lowest BCUT2D eigenvalue weighted by Crippen LogP contribution is -2.42. The van der Waals surface area contributed by atoms with Crippen LogP contribution in [0.1, 0.15) is 49.5 Å². The van der Waals surface area contributed by atoms with E-state index in [2.05, 4.69) is 4.90 Å². The van der Waals surface area contributed by atoms with E-state index in [0.29, 0.717) is 11.6 Å². The van der Waals surface area contributed by atoms with E-state index in [1.165, 1.54) is 5.56 Å². The number of carbonyl (C=O) groups is 1. The molecule has 1 fully saturated rings. The van der Waals surface area contributed by atoms with Crippen molar-refractivity contribution >= 4 is 5.97 Å². The highest BCUT2D eigenvalue weighted by Gasteiger charge is 2.19. The van der Waals surface area contributed by atoms with Gasteiger partial charge in [0.05, 0.1) is 5.56 Å². The van der Waals surface area contributed by atoms with Gasteiger partial charge in [-0.25, -0.2) is 4.79 Å². The van der Waals surface area contributed by atoms with E-state index in [0.717, 1.165) is 32.5 Å². The molecule has 1 atom stereocenters. The average molecular weight is 290 g/mol. The van der Waals surface area contributed by atoms with Crippen LogP contribution in [0.25, 0.3) is 0 Å². The predicted molar refractivity (Wildman–Crippen MR) is 84.1 cm³/mol. The van der Waals surface area contributed by atoms with E-state index in [4.69, 9.17) is 10.5 Å². The normalized spacial score (nSPS) is 20.3. The molecule has 0 amide bonds. The molecule has 1 saturated heterocycles. The van der Waals surface area contributed by atoms with Gasteiger partial charge in [0.25, 0.3) is 0 Å². The molecule has 21 heavy (non-hydrogen) atoms. The van der Waals surface area contributed by atoms with Gasteiger partial charge in [-0.2, -0.15) is 0 Å². The Morgan fingerprint density at radius 3 is 2.57 bits per heavy atom. The highest BCUT2D eigenvalue weighted by Crippen LogP contribution is 2.15. The number of nitrogens with zero attached hydrogens (tertiary/aromatic N) is 1. The number of carbonyl (C=O) groups excluding carboxylic acids is 1. The molecule has 1 aliphatic rings. The van der Waals surface area contributed by atoms with Gasteiger partial charge in [-0.05, 0) is 57.9 Å². The molecule has 4 heteroatoms. The highest BCUT2D eigenvalue weighted by molar-refractivity contribution is 5.89. The molecule has 1 aromatic rings. The van der Waals surface area contributed by atoms with E-state index in [1.807, 2.05) is 45.0 Å². The predicted octanol–water partition coefficient (Wildman–Crippen LogP) is 2.57. The number of rotatable bonds is 3. The largest absolute Gasteiger partial charge is 0.456 e. The van der Waals surface area contributed by atoms with Crippen LogP contribution in [0.5, 0.6) is 0 Å². The van der Waals surface area contributed by atoms with E-state index < -0.39 is 5.60 Å². The second-order valence-corrected chi connectivity index (χ2v) is 6.84. The summed E-state index contributed by atoms with van der Waals surface area (Å²) in [4.78, 5) is 14.3. The zero-order valence-electron chi connectivity index (χ0n) is 13.3. The molecule has 0 aliphatic carbocycles. The fourth-order valence-electron chi connectivity index (χ4n) is 2.58. The number of hydrogen-bond acceptors (Lipinski definition) is 4. The van der Waals surface area contributed by atoms with Crippen LogP contribution in [-0.2, 0) is 11.3 Å². The number of esters is 1. The summed E-state index contributed by atoms with van der Waals surface area (Å²) in [6.07, 6.45) is 2.28. The fraction of sp³-hybridized carbons (Fsp3) is 0.588. The van der Waals surface area contributed by atoms with E-state index >= 15 is 0 Å². The summed E-state index contributed by atoms with van der Waals surface area (Å²) >= 11 is 0. The zero-order chi connectivity index (χ0) is 15.5. The first-order chi connectivity index (χ1) is 9.83. The number of hydrogen-bond donors (Lipinski definition) is 1. The average Bonchev–Trinajstić information content (AvgIpc) is 2.37. The lowest BCUT2D eigenvalue weighted by Gasteiger charge is -2.30. The van der Waals surface area contributed by atoms with Gasteiger partial charge in [0, 0.05) is 19.1 Å². The van der Waals surface area contributed by atoms with Crippen molar-refractivity contribution in [1.82, 2.24) is 4.90 Å². The van der Waals surface area contributed by atoms with Crippen molar-refractivity contribution in [3.05, 3.63) is 35.4 Å². The minimum absolute atomic E-state index is 0.269. The van der Waals surface area contributed by atoms with Gasteiger partial charge < -0.3 is 10.5 Å². The van der Waals surface area contributed by atoms with Gasteiger partial charge in [-0.15, -0.1) is 0 Å². The van der Waals surface area contributed by atoms with Crippen LogP contribution in [0.2, 0.25) is 0 Å². The minimum atomic E-state index is -0.459. The molecule has 0 spiro atoms. The first-order valence-electron chi connectivity index (χ1n) is 7.64. The molecular formula is C17H26N2O2. The molecule has 1 heterocycles. The SMILES string of the molecule is CC(C)(C)OC(=O)c1ccc(CN2CCC[C@@H](N)C2)cc1. The Morgan fingerprint density at radius 1 is 1.33 bits per heavy atom. The molecule has 2 rings (SSSR count). The summed E-state index contributed by atoms with van der Waals surface area (Å²) in [5.74, 6) is -0.269. The second kappa shape index (κ2) is 6.58. The summed E-state index contributed by atoms with van der Waals surface area (Å²) in [6.45, 7) is 8.56. The Kier molecular flexibility index (Phi) is 5.01. The van der Waals surface area contributed by atoms with Gasteiger partial charge >= 0.3 is 5.97 Å². The van der Waals surface area contributed by atoms with Crippen molar-refractivity contribution in [2.75, 3.05) is 13.1 Å². The minimum Gasteiger partial charge on any atom is -0.456 e. The molecule has 0 bridgehead atoms. The standard InChI is InChI=1S/C17H26N2O2/c1-17(2,3)21-16(20)14-8-6-13(7-9-14)11-19-10-4-5-15(18)12-19/h6-9,15H,4-5,10-12,18H2,1-3H3/t15-/m1/s1. The van der Waals surface area contributed by atoms with E-state index in [-0.39, 0.29) is 5.97 Å². The summed E-state index contributed by atoms with van der Waals surface area (Å²) in [6, 6.07) is 7.97. The van der Waals surface area contributed by atoms with Gasteiger partial charge in [-0.3, -0.25) is 4.90 Å². The van der Waals surface area contributed by atoms with Crippen LogP contribution < -0.4 is 5.73 Å². The highest BCUT2D eigenvalue weighted by atomic mass is 16.6. The maximum atomic E-state index is 12.0. The third-order valence-electron chi connectivity index (χ3n) is 3.54.